The number of carbonyl (C=O) groups is 1. The lowest BCUT2D eigenvalue weighted by Gasteiger charge is -2.13. The normalized spacial score (nSPS) is 10.8. The second-order valence-corrected chi connectivity index (χ2v) is 5.85. The topological polar surface area (TPSA) is 72.2 Å². The van der Waals surface area contributed by atoms with Crippen LogP contribution in [0.1, 0.15) is 10.4 Å². The fourth-order valence-corrected chi connectivity index (χ4v) is 3.00. The molecule has 4 aromatic rings. The number of hydrogen-bond acceptors (Lipinski definition) is 3. The number of carboxylic acids is 1. The predicted octanol–water partition coefficient (Wildman–Crippen LogP) is 3.75. The van der Waals surface area contributed by atoms with E-state index in [1.165, 1.54) is 6.20 Å². The van der Waals surface area contributed by atoms with Crippen LogP contribution in [0.2, 0.25) is 0 Å². The number of para-hydroxylation sites is 1. The first-order valence-electron chi connectivity index (χ1n) is 8.04. The first-order chi connectivity index (χ1) is 12.6. The average molecular weight is 342 g/mol. The summed E-state index contributed by atoms with van der Waals surface area (Å²) >= 11 is 0. The third kappa shape index (κ3) is 2.65. The van der Waals surface area contributed by atoms with E-state index in [9.17, 15) is 14.7 Å². The molecule has 26 heavy (non-hydrogen) atoms. The summed E-state index contributed by atoms with van der Waals surface area (Å²) in [5.74, 6) is -1.24. The maximum atomic E-state index is 12.6. The number of aromatic nitrogens is 2. The molecule has 126 valence electrons. The number of benzene rings is 2. The van der Waals surface area contributed by atoms with Gasteiger partial charge in [0.25, 0.3) is 0 Å². The minimum Gasteiger partial charge on any atom is -0.477 e. The quantitative estimate of drug-likeness (QED) is 0.615. The Morgan fingerprint density at radius 2 is 1.65 bits per heavy atom. The molecule has 0 radical (unpaired) electrons. The molecule has 5 heteroatoms. The monoisotopic (exact) mass is 342 g/mol. The van der Waals surface area contributed by atoms with Crippen LogP contribution in [0.25, 0.3) is 27.7 Å². The number of carboxylic acid groups (broad SMARTS) is 1. The zero-order valence-corrected chi connectivity index (χ0v) is 13.7. The highest BCUT2D eigenvalue weighted by Crippen LogP contribution is 2.25. The molecule has 0 atom stereocenters. The summed E-state index contributed by atoms with van der Waals surface area (Å²) in [5, 5.41) is 9.78. The number of hydrogen-bond donors (Lipinski definition) is 1. The molecule has 0 spiro atoms. The van der Waals surface area contributed by atoms with E-state index in [1.54, 1.807) is 23.0 Å². The van der Waals surface area contributed by atoms with Crippen LogP contribution < -0.4 is 5.43 Å². The van der Waals surface area contributed by atoms with Gasteiger partial charge in [0, 0.05) is 29.7 Å². The Balaban J connectivity index is 2.07. The largest absolute Gasteiger partial charge is 0.477 e. The zero-order valence-electron chi connectivity index (χ0n) is 13.7. The van der Waals surface area contributed by atoms with Gasteiger partial charge in [0.15, 0.2) is 0 Å². The molecule has 0 fully saturated rings. The molecule has 0 aliphatic carbocycles. The van der Waals surface area contributed by atoms with Crippen LogP contribution in [0.5, 0.6) is 0 Å². The van der Waals surface area contributed by atoms with E-state index in [0.717, 1.165) is 16.8 Å². The fraction of sp³-hybridized carbons (Fsp3) is 0. The van der Waals surface area contributed by atoms with Crippen molar-refractivity contribution in [2.75, 3.05) is 0 Å². The van der Waals surface area contributed by atoms with Gasteiger partial charge in [0.1, 0.15) is 5.56 Å². The molecule has 0 aliphatic heterocycles. The molecule has 2 heterocycles. The van der Waals surface area contributed by atoms with Gasteiger partial charge in [-0.15, -0.1) is 0 Å². The molecule has 0 saturated carbocycles. The highest BCUT2D eigenvalue weighted by molar-refractivity contribution is 5.94. The van der Waals surface area contributed by atoms with Crippen molar-refractivity contribution in [1.82, 2.24) is 9.55 Å². The Morgan fingerprint density at radius 3 is 2.35 bits per heavy atom. The molecule has 1 N–H and O–H groups in total. The molecule has 4 rings (SSSR count). The molecule has 0 saturated heterocycles. The lowest BCUT2D eigenvalue weighted by Crippen LogP contribution is -2.18. The number of fused-ring (bicyclic) bond motifs is 1. The molecular formula is C21H14N2O3. The van der Waals surface area contributed by atoms with Crippen LogP contribution in [-0.2, 0) is 0 Å². The molecule has 2 aromatic heterocycles. The van der Waals surface area contributed by atoms with E-state index < -0.39 is 11.4 Å². The van der Waals surface area contributed by atoms with Gasteiger partial charge in [-0.25, -0.2) is 4.79 Å². The highest BCUT2D eigenvalue weighted by Gasteiger charge is 2.16. The number of pyridine rings is 2. The Morgan fingerprint density at radius 1 is 0.923 bits per heavy atom. The van der Waals surface area contributed by atoms with Crippen molar-refractivity contribution in [3.8, 4) is 16.8 Å². The Labute approximate surface area is 148 Å². The van der Waals surface area contributed by atoms with Crippen molar-refractivity contribution >= 4 is 16.9 Å². The van der Waals surface area contributed by atoms with Gasteiger partial charge in [0.05, 0.1) is 5.52 Å². The predicted molar refractivity (Wildman–Crippen MR) is 99.7 cm³/mol. The first-order valence-corrected chi connectivity index (χ1v) is 8.04. The zero-order chi connectivity index (χ0) is 18.1. The minimum atomic E-state index is -1.24. The van der Waals surface area contributed by atoms with E-state index in [1.807, 2.05) is 54.6 Å². The van der Waals surface area contributed by atoms with E-state index in [4.69, 9.17) is 0 Å². The molecule has 0 amide bonds. The SMILES string of the molecule is O=C(O)c1cn(-c2ccccc2)c2cc(-c3ccncc3)ccc2c1=O. The van der Waals surface area contributed by atoms with E-state index in [2.05, 4.69) is 4.98 Å². The molecule has 0 bridgehead atoms. The Bertz CT molecular complexity index is 1170. The molecule has 0 unspecified atom stereocenters. The van der Waals surface area contributed by atoms with Crippen LogP contribution in [0.3, 0.4) is 0 Å². The van der Waals surface area contributed by atoms with Crippen molar-refractivity contribution < 1.29 is 9.90 Å². The molecule has 0 aliphatic rings. The molecular weight excluding hydrogens is 328 g/mol. The lowest BCUT2D eigenvalue weighted by atomic mass is 10.0. The standard InChI is InChI=1S/C21H14N2O3/c24-20-17-7-6-15(14-8-10-22-11-9-14)12-19(17)23(13-18(20)21(25)26)16-4-2-1-3-5-16/h1-13H,(H,25,26). The Hall–Kier alpha value is -3.73. The van der Waals surface area contributed by atoms with Crippen LogP contribution in [-0.4, -0.2) is 20.6 Å². The summed E-state index contributed by atoms with van der Waals surface area (Å²) in [7, 11) is 0. The summed E-state index contributed by atoms with van der Waals surface area (Å²) in [5.41, 5.74) is 2.59. The van der Waals surface area contributed by atoms with Crippen LogP contribution >= 0.6 is 0 Å². The number of nitrogens with zero attached hydrogens (tertiary/aromatic N) is 2. The van der Waals surface area contributed by atoms with Crippen molar-refractivity contribution in [2.45, 2.75) is 0 Å². The fourth-order valence-electron chi connectivity index (χ4n) is 3.00. The number of aromatic carboxylic acids is 1. The summed E-state index contributed by atoms with van der Waals surface area (Å²) < 4.78 is 1.74. The maximum Gasteiger partial charge on any atom is 0.341 e. The third-order valence-corrected chi connectivity index (χ3v) is 4.28. The lowest BCUT2D eigenvalue weighted by molar-refractivity contribution is 0.0695. The summed E-state index contributed by atoms with van der Waals surface area (Å²) in [6.45, 7) is 0. The maximum absolute atomic E-state index is 12.6. The van der Waals surface area contributed by atoms with Crippen molar-refractivity contribution in [3.63, 3.8) is 0 Å². The van der Waals surface area contributed by atoms with Crippen LogP contribution in [0, 0.1) is 0 Å². The average Bonchev–Trinajstić information content (AvgIpc) is 2.69. The van der Waals surface area contributed by atoms with Crippen molar-refractivity contribution in [3.05, 3.63) is 95.0 Å². The van der Waals surface area contributed by atoms with Crippen LogP contribution in [0.15, 0.2) is 84.0 Å². The van der Waals surface area contributed by atoms with Gasteiger partial charge in [0.2, 0.25) is 5.43 Å². The number of rotatable bonds is 3. The van der Waals surface area contributed by atoms with Gasteiger partial charge >= 0.3 is 5.97 Å². The highest BCUT2D eigenvalue weighted by atomic mass is 16.4. The summed E-state index contributed by atoms with van der Waals surface area (Å²) in [6.07, 6.45) is 4.80. The van der Waals surface area contributed by atoms with E-state index in [0.29, 0.717) is 10.9 Å². The van der Waals surface area contributed by atoms with Crippen LogP contribution in [0.4, 0.5) is 0 Å². The molecule has 5 nitrogen and oxygen atoms in total. The summed E-state index contributed by atoms with van der Waals surface area (Å²) in [6, 6.07) is 18.5. The summed E-state index contributed by atoms with van der Waals surface area (Å²) in [4.78, 5) is 28.1. The van der Waals surface area contributed by atoms with Crippen molar-refractivity contribution in [1.29, 1.82) is 0 Å². The second kappa shape index (κ2) is 6.29. The van der Waals surface area contributed by atoms with E-state index in [-0.39, 0.29) is 5.56 Å². The van der Waals surface area contributed by atoms with Gasteiger partial charge in [-0.3, -0.25) is 9.78 Å². The Kier molecular flexibility index (Phi) is 3.82. The third-order valence-electron chi connectivity index (χ3n) is 4.28. The van der Waals surface area contributed by atoms with Gasteiger partial charge in [-0.2, -0.15) is 0 Å². The second-order valence-electron chi connectivity index (χ2n) is 5.85. The first kappa shape index (κ1) is 15.8. The van der Waals surface area contributed by atoms with E-state index >= 15 is 0 Å². The van der Waals surface area contributed by atoms with Gasteiger partial charge in [-0.05, 0) is 47.5 Å². The minimum absolute atomic E-state index is 0.252. The van der Waals surface area contributed by atoms with Gasteiger partial charge < -0.3 is 9.67 Å². The smallest absolute Gasteiger partial charge is 0.341 e. The van der Waals surface area contributed by atoms with Crippen molar-refractivity contribution in [2.24, 2.45) is 0 Å². The van der Waals surface area contributed by atoms with Gasteiger partial charge in [-0.1, -0.05) is 24.3 Å². The molecule has 2 aromatic carbocycles.